The second kappa shape index (κ2) is 7.22. The maximum atomic E-state index is 14.2. The van der Waals surface area contributed by atoms with Crippen molar-refractivity contribution in [3.05, 3.63) is 0 Å². The third-order valence-corrected chi connectivity index (χ3v) is 5.43. The van der Waals surface area contributed by atoms with Gasteiger partial charge in [-0.3, -0.25) is 0 Å². The lowest BCUT2D eigenvalue weighted by molar-refractivity contribution is 0.0420. The van der Waals surface area contributed by atoms with Gasteiger partial charge in [-0.2, -0.15) is 0 Å². The summed E-state index contributed by atoms with van der Waals surface area (Å²) in [5, 5.41) is 0. The van der Waals surface area contributed by atoms with Crippen LogP contribution in [0.3, 0.4) is 0 Å². The first-order valence-corrected chi connectivity index (χ1v) is 8.57. The van der Waals surface area contributed by atoms with Crippen molar-refractivity contribution in [1.29, 1.82) is 0 Å². The van der Waals surface area contributed by atoms with Gasteiger partial charge in [0.25, 0.3) is 0 Å². The molecule has 2 aliphatic rings. The molecule has 2 saturated heterocycles. The van der Waals surface area contributed by atoms with Gasteiger partial charge >= 0.3 is 0 Å². The first-order chi connectivity index (χ1) is 9.47. The summed E-state index contributed by atoms with van der Waals surface area (Å²) < 4.78 is 14.2. The van der Waals surface area contributed by atoms with E-state index in [0.717, 1.165) is 25.4 Å². The van der Waals surface area contributed by atoms with Gasteiger partial charge in [0.1, 0.15) is 6.17 Å². The number of likely N-dealkylation sites (tertiary alicyclic amines) is 2. The quantitative estimate of drug-likeness (QED) is 0.780. The number of nitrogens with zero attached hydrogens (tertiary/aromatic N) is 2. The Kier molecular flexibility index (Phi) is 5.85. The molecule has 2 nitrogen and oxygen atoms in total. The summed E-state index contributed by atoms with van der Waals surface area (Å²) in [6.07, 6.45) is 3.02. The summed E-state index contributed by atoms with van der Waals surface area (Å²) in [6.45, 7) is 14.2. The monoisotopic (exact) mass is 284 g/mol. The number of halogens is 1. The van der Waals surface area contributed by atoms with E-state index in [1.54, 1.807) is 0 Å². The van der Waals surface area contributed by atoms with E-state index in [2.05, 4.69) is 37.5 Å². The third kappa shape index (κ3) is 4.17. The van der Waals surface area contributed by atoms with E-state index in [1.165, 1.54) is 25.9 Å². The van der Waals surface area contributed by atoms with E-state index in [4.69, 9.17) is 0 Å². The fraction of sp³-hybridized carbons (Fsp3) is 1.00. The molecule has 0 saturated carbocycles. The minimum atomic E-state index is -0.612. The largest absolute Gasteiger partial charge is 0.301 e. The number of rotatable bonds is 4. The van der Waals surface area contributed by atoms with E-state index >= 15 is 0 Å². The van der Waals surface area contributed by atoms with Gasteiger partial charge in [-0.25, -0.2) is 4.39 Å². The minimum absolute atomic E-state index is 0.286. The SMILES string of the molecule is CC(C)[C@H]1CCN(CC2CCN(C(C)C)CC2)C[C@@H]1F. The number of hydrogen-bond acceptors (Lipinski definition) is 2. The molecule has 0 aromatic carbocycles. The molecule has 2 atom stereocenters. The summed E-state index contributed by atoms with van der Waals surface area (Å²) in [4.78, 5) is 4.96. The van der Waals surface area contributed by atoms with Crippen molar-refractivity contribution < 1.29 is 4.39 Å². The summed E-state index contributed by atoms with van der Waals surface area (Å²) >= 11 is 0. The zero-order chi connectivity index (χ0) is 14.7. The van der Waals surface area contributed by atoms with Crippen molar-refractivity contribution in [2.45, 2.75) is 59.2 Å². The second-order valence-corrected chi connectivity index (χ2v) is 7.55. The van der Waals surface area contributed by atoms with Crippen LogP contribution in [-0.4, -0.2) is 54.7 Å². The molecule has 2 rings (SSSR count). The van der Waals surface area contributed by atoms with Gasteiger partial charge < -0.3 is 9.80 Å². The molecule has 0 radical (unpaired) electrons. The van der Waals surface area contributed by atoms with Crippen LogP contribution in [0.4, 0.5) is 4.39 Å². The molecule has 2 heterocycles. The molecular weight excluding hydrogens is 251 g/mol. The Morgan fingerprint density at radius 1 is 1.00 bits per heavy atom. The summed E-state index contributed by atoms with van der Waals surface area (Å²) in [5.74, 6) is 1.56. The van der Waals surface area contributed by atoms with Gasteiger partial charge in [-0.1, -0.05) is 13.8 Å². The lowest BCUT2D eigenvalue weighted by atomic mass is 9.84. The van der Waals surface area contributed by atoms with Gasteiger partial charge in [0.15, 0.2) is 0 Å². The highest BCUT2D eigenvalue weighted by Crippen LogP contribution is 2.29. The lowest BCUT2D eigenvalue weighted by Crippen LogP contribution is -2.47. The third-order valence-electron chi connectivity index (χ3n) is 5.43. The molecule has 2 aliphatic heterocycles. The van der Waals surface area contributed by atoms with Crippen LogP contribution in [0.1, 0.15) is 47.0 Å². The normalized spacial score (nSPS) is 31.4. The van der Waals surface area contributed by atoms with Crippen molar-refractivity contribution in [3.63, 3.8) is 0 Å². The molecule has 0 bridgehead atoms. The Balaban J connectivity index is 1.73. The standard InChI is InChI=1S/C17H33FN2/c1-13(2)16-7-8-19(12-17(16)18)11-15-5-9-20(10-6-15)14(3)4/h13-17H,5-12H2,1-4H3/t16-,17+/m1/s1. The second-order valence-electron chi connectivity index (χ2n) is 7.55. The Hall–Kier alpha value is -0.150. The average Bonchev–Trinajstić information content (AvgIpc) is 2.39. The molecule has 118 valence electrons. The van der Waals surface area contributed by atoms with Gasteiger partial charge in [-0.15, -0.1) is 0 Å². The number of piperidine rings is 2. The van der Waals surface area contributed by atoms with E-state index < -0.39 is 6.17 Å². The molecule has 20 heavy (non-hydrogen) atoms. The molecule has 3 heteroatoms. The van der Waals surface area contributed by atoms with Crippen molar-refractivity contribution in [2.75, 3.05) is 32.7 Å². The van der Waals surface area contributed by atoms with Crippen LogP contribution in [0.25, 0.3) is 0 Å². The fourth-order valence-corrected chi connectivity index (χ4v) is 3.92. The fourth-order valence-electron chi connectivity index (χ4n) is 3.92. The zero-order valence-electron chi connectivity index (χ0n) is 13.8. The molecule has 0 spiro atoms. The molecule has 0 amide bonds. The number of alkyl halides is 1. The van der Waals surface area contributed by atoms with Crippen LogP contribution in [0, 0.1) is 17.8 Å². The summed E-state index contributed by atoms with van der Waals surface area (Å²) in [6, 6.07) is 0.674. The van der Waals surface area contributed by atoms with E-state index in [0.29, 0.717) is 18.5 Å². The number of hydrogen-bond donors (Lipinski definition) is 0. The summed E-state index contributed by atoms with van der Waals surface area (Å²) in [7, 11) is 0. The summed E-state index contributed by atoms with van der Waals surface area (Å²) in [5.41, 5.74) is 0. The minimum Gasteiger partial charge on any atom is -0.301 e. The van der Waals surface area contributed by atoms with Crippen LogP contribution >= 0.6 is 0 Å². The van der Waals surface area contributed by atoms with Crippen LogP contribution in [0.15, 0.2) is 0 Å². The van der Waals surface area contributed by atoms with E-state index in [1.807, 2.05) is 0 Å². The molecule has 0 aromatic heterocycles. The van der Waals surface area contributed by atoms with Crippen molar-refractivity contribution in [2.24, 2.45) is 17.8 Å². The van der Waals surface area contributed by atoms with E-state index in [9.17, 15) is 4.39 Å². The highest BCUT2D eigenvalue weighted by Gasteiger charge is 2.32. The average molecular weight is 284 g/mol. The van der Waals surface area contributed by atoms with Gasteiger partial charge in [0, 0.05) is 19.1 Å². The molecular formula is C17H33FN2. The highest BCUT2D eigenvalue weighted by molar-refractivity contribution is 4.84. The van der Waals surface area contributed by atoms with Crippen molar-refractivity contribution in [3.8, 4) is 0 Å². The zero-order valence-corrected chi connectivity index (χ0v) is 13.8. The van der Waals surface area contributed by atoms with Gasteiger partial charge in [0.2, 0.25) is 0 Å². The van der Waals surface area contributed by atoms with Crippen molar-refractivity contribution in [1.82, 2.24) is 9.80 Å². The van der Waals surface area contributed by atoms with Crippen LogP contribution < -0.4 is 0 Å². The maximum Gasteiger partial charge on any atom is 0.116 e. The molecule has 0 aromatic rings. The van der Waals surface area contributed by atoms with Crippen LogP contribution in [-0.2, 0) is 0 Å². The van der Waals surface area contributed by atoms with E-state index in [-0.39, 0.29) is 5.92 Å². The Labute approximate surface area is 124 Å². The molecule has 0 unspecified atom stereocenters. The predicted octanol–water partition coefficient (Wildman–Crippen LogP) is 3.42. The first-order valence-electron chi connectivity index (χ1n) is 8.57. The Bertz CT molecular complexity index is 285. The Morgan fingerprint density at radius 3 is 2.15 bits per heavy atom. The van der Waals surface area contributed by atoms with Gasteiger partial charge in [-0.05, 0) is 70.5 Å². The molecule has 2 fully saturated rings. The van der Waals surface area contributed by atoms with Crippen LogP contribution in [0.5, 0.6) is 0 Å². The first kappa shape index (κ1) is 16.2. The molecule has 0 aliphatic carbocycles. The lowest BCUT2D eigenvalue weighted by Gasteiger charge is -2.40. The topological polar surface area (TPSA) is 6.48 Å². The van der Waals surface area contributed by atoms with Crippen molar-refractivity contribution >= 4 is 0 Å². The highest BCUT2D eigenvalue weighted by atomic mass is 19.1. The van der Waals surface area contributed by atoms with Crippen LogP contribution in [0.2, 0.25) is 0 Å². The maximum absolute atomic E-state index is 14.2. The smallest absolute Gasteiger partial charge is 0.116 e. The van der Waals surface area contributed by atoms with Gasteiger partial charge in [0.05, 0.1) is 0 Å². The Morgan fingerprint density at radius 2 is 1.65 bits per heavy atom. The predicted molar refractivity (Wildman–Crippen MR) is 83.7 cm³/mol. The molecule has 0 N–H and O–H groups in total.